The monoisotopic (exact) mass is 538 g/mol. The fraction of sp³-hybridized carbons (Fsp3) is 0.0870. The van der Waals surface area contributed by atoms with Crippen molar-refractivity contribution in [1.82, 2.24) is 10.3 Å². The lowest BCUT2D eigenvalue weighted by molar-refractivity contribution is -0.137. The van der Waals surface area contributed by atoms with Gasteiger partial charge in [-0.2, -0.15) is 13.2 Å². The van der Waals surface area contributed by atoms with Crippen molar-refractivity contribution in [1.29, 1.82) is 0 Å². The summed E-state index contributed by atoms with van der Waals surface area (Å²) in [6.45, 7) is 0. The third-order valence-corrected chi connectivity index (χ3v) is 6.71. The summed E-state index contributed by atoms with van der Waals surface area (Å²) in [4.78, 5) is 30.1. The Morgan fingerprint density at radius 2 is 1.86 bits per heavy atom. The highest BCUT2D eigenvalue weighted by atomic mass is 35.5. The second-order valence-corrected chi connectivity index (χ2v) is 9.33. The lowest BCUT2D eigenvalue weighted by atomic mass is 9.95. The molecule has 0 fully saturated rings. The Labute approximate surface area is 207 Å². The summed E-state index contributed by atoms with van der Waals surface area (Å²) in [7, 11) is 0. The van der Waals surface area contributed by atoms with E-state index < -0.39 is 46.8 Å². The summed E-state index contributed by atoms with van der Waals surface area (Å²) in [5, 5.41) is 5.36. The number of nitrogens with two attached hydrogens (primary N) is 1. The van der Waals surface area contributed by atoms with Crippen LogP contribution in [0, 0.1) is 11.6 Å². The molecule has 36 heavy (non-hydrogen) atoms. The summed E-state index contributed by atoms with van der Waals surface area (Å²) < 4.78 is 67.8. The van der Waals surface area contributed by atoms with Gasteiger partial charge in [-0.3, -0.25) is 9.59 Å². The first-order valence-corrected chi connectivity index (χ1v) is 11.3. The van der Waals surface area contributed by atoms with Crippen LogP contribution in [0.5, 0.6) is 0 Å². The molecule has 5 rings (SSSR count). The van der Waals surface area contributed by atoms with Crippen molar-refractivity contribution >= 4 is 55.8 Å². The van der Waals surface area contributed by atoms with E-state index >= 15 is 0 Å². The number of hydrogen-bond donors (Lipinski definition) is 3. The van der Waals surface area contributed by atoms with E-state index in [0.717, 1.165) is 23.5 Å². The number of carbonyl (C=O) groups excluding carboxylic acids is 2. The molecule has 0 radical (unpaired) electrons. The zero-order chi connectivity index (χ0) is 25.9. The molecule has 13 heteroatoms. The predicted molar refractivity (Wildman–Crippen MR) is 124 cm³/mol. The number of amides is 2. The van der Waals surface area contributed by atoms with Gasteiger partial charge in [-0.15, -0.1) is 0 Å². The smallest absolute Gasteiger partial charge is 0.375 e. The highest BCUT2D eigenvalue weighted by Gasteiger charge is 2.37. The predicted octanol–water partition coefficient (Wildman–Crippen LogP) is 5.91. The fourth-order valence-electron chi connectivity index (χ4n) is 4.05. The molecule has 0 saturated heterocycles. The number of alkyl halides is 3. The van der Waals surface area contributed by atoms with Crippen LogP contribution in [0.4, 0.5) is 32.8 Å². The van der Waals surface area contributed by atoms with Gasteiger partial charge in [0.2, 0.25) is 0 Å². The molecule has 0 spiro atoms. The molecule has 2 amide bonds. The molecule has 2 heterocycles. The minimum absolute atomic E-state index is 0.00708. The molecule has 184 valence electrons. The second kappa shape index (κ2) is 8.42. The second-order valence-electron chi connectivity index (χ2n) is 7.86. The first kappa shape index (κ1) is 23.9. The van der Waals surface area contributed by atoms with Crippen molar-refractivity contribution in [2.75, 3.05) is 11.1 Å². The summed E-state index contributed by atoms with van der Waals surface area (Å²) in [5.41, 5.74) is 4.47. The average molecular weight is 539 g/mol. The highest BCUT2D eigenvalue weighted by Crippen LogP contribution is 2.44. The topological polar surface area (TPSA) is 97.1 Å². The van der Waals surface area contributed by atoms with E-state index in [0.29, 0.717) is 16.8 Å². The number of nitrogen functional groups attached to an aromatic ring is 1. The molecule has 0 aliphatic carbocycles. The van der Waals surface area contributed by atoms with E-state index in [1.807, 2.05) is 0 Å². The van der Waals surface area contributed by atoms with Crippen LogP contribution in [-0.2, 0) is 6.18 Å². The molecule has 0 bridgehead atoms. The minimum atomic E-state index is -4.88. The van der Waals surface area contributed by atoms with Gasteiger partial charge in [0.15, 0.2) is 5.13 Å². The van der Waals surface area contributed by atoms with Gasteiger partial charge in [0.25, 0.3) is 11.8 Å². The van der Waals surface area contributed by atoms with Gasteiger partial charge in [0, 0.05) is 27.4 Å². The molecule has 0 saturated carbocycles. The molecule has 4 N–H and O–H groups in total. The number of nitrogens with zero attached hydrogens (tertiary/aromatic N) is 1. The Hall–Kier alpha value is -3.77. The van der Waals surface area contributed by atoms with Gasteiger partial charge in [-0.05, 0) is 42.5 Å². The number of halogens is 6. The zero-order valence-corrected chi connectivity index (χ0v) is 19.2. The van der Waals surface area contributed by atoms with Crippen LogP contribution in [0.3, 0.4) is 0 Å². The molecule has 1 aromatic heterocycles. The van der Waals surface area contributed by atoms with Crippen LogP contribution < -0.4 is 16.4 Å². The number of anilines is 2. The van der Waals surface area contributed by atoms with Crippen molar-refractivity contribution in [3.63, 3.8) is 0 Å². The van der Waals surface area contributed by atoms with E-state index in [-0.39, 0.29) is 44.1 Å². The number of benzene rings is 3. The number of rotatable bonds is 3. The number of aromatic nitrogens is 1. The first-order chi connectivity index (χ1) is 16.9. The first-order valence-electron chi connectivity index (χ1n) is 10.1. The van der Waals surface area contributed by atoms with Crippen molar-refractivity contribution in [2.45, 2.75) is 12.2 Å². The van der Waals surface area contributed by atoms with E-state index in [2.05, 4.69) is 15.6 Å². The summed E-state index contributed by atoms with van der Waals surface area (Å²) in [6, 6.07) is 5.35. The number of carbonyl (C=O) groups is 2. The molecular weight excluding hydrogens is 527 g/mol. The standard InChI is InChI=1S/C23H12ClF5N4O2S/c24-13-2-1-10(25)6-12(13)18-16-14(7-15-19(33-22(30)36-15)17(16)21(35)32-18)31-20(34)8-3-9(23(27,28)29)5-11(26)4-8/h1-7,18H,(H2,30,33)(H,31,34)(H,32,35). The minimum Gasteiger partial charge on any atom is -0.375 e. The SMILES string of the molecule is Nc1nc2c3c(c(NC(=O)c4cc(F)cc(C(F)(F)F)c4)cc2s1)C(c1cc(F)ccc1Cl)NC3=O. The third kappa shape index (κ3) is 4.11. The molecule has 3 aromatic carbocycles. The van der Waals surface area contributed by atoms with Crippen molar-refractivity contribution in [2.24, 2.45) is 0 Å². The molecule has 1 aliphatic heterocycles. The van der Waals surface area contributed by atoms with Crippen LogP contribution in [-0.4, -0.2) is 16.8 Å². The maximum Gasteiger partial charge on any atom is 0.416 e. The highest BCUT2D eigenvalue weighted by molar-refractivity contribution is 7.22. The van der Waals surface area contributed by atoms with Gasteiger partial charge in [0.1, 0.15) is 11.6 Å². The van der Waals surface area contributed by atoms with E-state index in [1.54, 1.807) is 0 Å². The fourth-order valence-corrected chi connectivity index (χ4v) is 5.06. The summed E-state index contributed by atoms with van der Waals surface area (Å²) in [6.07, 6.45) is -4.88. The van der Waals surface area contributed by atoms with Gasteiger partial charge in [0.05, 0.1) is 27.4 Å². The van der Waals surface area contributed by atoms with Gasteiger partial charge in [-0.1, -0.05) is 22.9 Å². The maximum absolute atomic E-state index is 14.0. The maximum atomic E-state index is 14.0. The van der Waals surface area contributed by atoms with Gasteiger partial charge >= 0.3 is 6.18 Å². The number of nitrogens with one attached hydrogen (secondary N) is 2. The van der Waals surface area contributed by atoms with Gasteiger partial charge in [-0.25, -0.2) is 13.8 Å². The Kier molecular flexibility index (Phi) is 5.60. The largest absolute Gasteiger partial charge is 0.416 e. The molecule has 6 nitrogen and oxygen atoms in total. The Morgan fingerprint density at radius 3 is 2.58 bits per heavy atom. The molecule has 1 aliphatic rings. The number of hydrogen-bond acceptors (Lipinski definition) is 5. The van der Waals surface area contributed by atoms with E-state index in [4.69, 9.17) is 17.3 Å². The third-order valence-electron chi connectivity index (χ3n) is 5.54. The Bertz CT molecular complexity index is 1590. The van der Waals surface area contributed by atoms with Crippen LogP contribution in [0.1, 0.15) is 43.4 Å². The van der Waals surface area contributed by atoms with Crippen LogP contribution in [0.15, 0.2) is 42.5 Å². The average Bonchev–Trinajstić information content (AvgIpc) is 3.33. The van der Waals surface area contributed by atoms with Gasteiger partial charge < -0.3 is 16.4 Å². The van der Waals surface area contributed by atoms with Crippen LogP contribution in [0.25, 0.3) is 10.2 Å². The van der Waals surface area contributed by atoms with Crippen LogP contribution >= 0.6 is 22.9 Å². The quantitative estimate of drug-likeness (QED) is 0.282. The van der Waals surface area contributed by atoms with Crippen molar-refractivity contribution < 1.29 is 31.5 Å². The Morgan fingerprint density at radius 1 is 1.11 bits per heavy atom. The van der Waals surface area contributed by atoms with Crippen molar-refractivity contribution in [3.05, 3.63) is 86.9 Å². The van der Waals surface area contributed by atoms with E-state index in [9.17, 15) is 31.5 Å². The zero-order valence-electron chi connectivity index (χ0n) is 17.6. The molecule has 4 aromatic rings. The summed E-state index contributed by atoms with van der Waals surface area (Å²) in [5.74, 6) is -3.57. The Balaban J connectivity index is 1.67. The van der Waals surface area contributed by atoms with E-state index in [1.165, 1.54) is 12.1 Å². The molecule has 1 unspecified atom stereocenters. The molecule has 1 atom stereocenters. The lowest BCUT2D eigenvalue weighted by Gasteiger charge is -2.18. The normalized spacial score (nSPS) is 15.2. The number of fused-ring (bicyclic) bond motifs is 3. The van der Waals surface area contributed by atoms with Crippen LogP contribution in [0.2, 0.25) is 5.02 Å². The number of thiazole rings is 1. The lowest BCUT2D eigenvalue weighted by Crippen LogP contribution is -2.21. The van der Waals surface area contributed by atoms with Crippen molar-refractivity contribution in [3.8, 4) is 0 Å². The molecular formula is C23H12ClF5N4O2S. The summed E-state index contributed by atoms with van der Waals surface area (Å²) >= 11 is 7.27.